The van der Waals surface area contributed by atoms with Crippen LogP contribution in [0.15, 0.2) is 36.4 Å². The van der Waals surface area contributed by atoms with Crippen molar-refractivity contribution < 1.29 is 9.90 Å². The van der Waals surface area contributed by atoms with E-state index in [0.717, 1.165) is 0 Å². The Kier molecular flexibility index (Phi) is 6.18. The average Bonchev–Trinajstić information content (AvgIpc) is 2.08. The molecule has 1 rings (SSSR count). The number of benzene rings is 1. The fourth-order valence-corrected chi connectivity index (χ4v) is 0.453. The number of nitriles is 1. The van der Waals surface area contributed by atoms with E-state index >= 15 is 0 Å². The maximum atomic E-state index is 9.38. The van der Waals surface area contributed by atoms with Crippen molar-refractivity contribution in [2.24, 2.45) is 0 Å². The molecule has 1 N–H and O–H groups in total. The minimum atomic E-state index is -1.07. The van der Waals surface area contributed by atoms with Gasteiger partial charge in [0.05, 0.1) is 6.07 Å². The van der Waals surface area contributed by atoms with E-state index in [1.165, 1.54) is 6.07 Å². The third-order valence-corrected chi connectivity index (χ3v) is 0.897. The number of hydrogen-bond donors (Lipinski definition) is 1. The van der Waals surface area contributed by atoms with Gasteiger partial charge in [0.15, 0.2) is 0 Å². The van der Waals surface area contributed by atoms with E-state index in [0.29, 0.717) is 0 Å². The predicted octanol–water partition coefficient (Wildman–Crippen LogP) is 1.67. The van der Waals surface area contributed by atoms with E-state index < -0.39 is 12.4 Å². The zero-order valence-electron chi connectivity index (χ0n) is 6.47. The molecule has 1 aromatic carbocycles. The number of carbonyl (C=O) groups is 1. The molecule has 0 atom stereocenters. The Morgan fingerprint density at radius 2 is 1.50 bits per heavy atom. The maximum Gasteiger partial charge on any atom is 0.317 e. The highest BCUT2D eigenvalue weighted by Gasteiger charge is 1.87. The number of carboxylic acid groups (broad SMARTS) is 1. The van der Waals surface area contributed by atoms with Gasteiger partial charge in [-0.2, -0.15) is 5.26 Å². The van der Waals surface area contributed by atoms with E-state index in [-0.39, 0.29) is 0 Å². The molecule has 12 heavy (non-hydrogen) atoms. The van der Waals surface area contributed by atoms with Crippen LogP contribution in [0.1, 0.15) is 6.42 Å². The Morgan fingerprint density at radius 1 is 1.17 bits per heavy atom. The maximum absolute atomic E-state index is 9.38. The minimum absolute atomic E-state index is 0.403. The Labute approximate surface area is 70.9 Å². The van der Waals surface area contributed by atoms with Gasteiger partial charge in [0.1, 0.15) is 6.42 Å². The lowest BCUT2D eigenvalue weighted by atomic mass is 10.4. The Morgan fingerprint density at radius 3 is 1.58 bits per heavy atom. The highest BCUT2D eigenvalue weighted by Crippen LogP contribution is 1.79. The summed E-state index contributed by atoms with van der Waals surface area (Å²) >= 11 is 0. The third kappa shape index (κ3) is 8.18. The summed E-state index contributed by atoms with van der Waals surface area (Å²) < 4.78 is 0. The topological polar surface area (TPSA) is 61.1 Å². The van der Waals surface area contributed by atoms with Gasteiger partial charge in [0, 0.05) is 0 Å². The van der Waals surface area contributed by atoms with Gasteiger partial charge in [0.25, 0.3) is 0 Å². The molecule has 0 aliphatic carbocycles. The number of carboxylic acids is 1. The summed E-state index contributed by atoms with van der Waals surface area (Å²) in [6, 6.07) is 13.5. The van der Waals surface area contributed by atoms with Gasteiger partial charge in [-0.25, -0.2) is 0 Å². The van der Waals surface area contributed by atoms with Crippen LogP contribution in [0.3, 0.4) is 0 Å². The molecule has 0 radical (unpaired) electrons. The van der Waals surface area contributed by atoms with E-state index in [9.17, 15) is 4.79 Å². The van der Waals surface area contributed by atoms with Crippen LogP contribution in [-0.2, 0) is 4.79 Å². The van der Waals surface area contributed by atoms with Gasteiger partial charge in [0.2, 0.25) is 0 Å². The smallest absolute Gasteiger partial charge is 0.317 e. The second kappa shape index (κ2) is 7.29. The first-order valence-corrected chi connectivity index (χ1v) is 3.36. The highest BCUT2D eigenvalue weighted by atomic mass is 16.4. The molecule has 3 heteroatoms. The van der Waals surface area contributed by atoms with Crippen molar-refractivity contribution in [1.82, 2.24) is 0 Å². The SMILES string of the molecule is N#CCC(=O)O.c1ccccc1. The van der Waals surface area contributed by atoms with Crippen molar-refractivity contribution in [1.29, 1.82) is 5.26 Å². The zero-order chi connectivity index (χ0) is 9.23. The van der Waals surface area contributed by atoms with Crippen molar-refractivity contribution in [3.8, 4) is 6.07 Å². The normalized spacial score (nSPS) is 7.25. The summed E-state index contributed by atoms with van der Waals surface area (Å²) in [5.41, 5.74) is 0. The first kappa shape index (κ1) is 10.2. The molecule has 0 bridgehead atoms. The van der Waals surface area contributed by atoms with Crippen LogP contribution in [0, 0.1) is 11.3 Å². The number of aliphatic carboxylic acids is 1. The van der Waals surface area contributed by atoms with Gasteiger partial charge < -0.3 is 5.11 Å². The average molecular weight is 163 g/mol. The molecular weight excluding hydrogens is 154 g/mol. The molecule has 0 saturated carbocycles. The Hall–Kier alpha value is -1.82. The fraction of sp³-hybridized carbons (Fsp3) is 0.111. The minimum Gasteiger partial charge on any atom is -0.480 e. The van der Waals surface area contributed by atoms with E-state index in [4.69, 9.17) is 10.4 Å². The number of nitrogens with zero attached hydrogens (tertiary/aromatic N) is 1. The molecule has 0 aliphatic heterocycles. The predicted molar refractivity (Wildman–Crippen MR) is 44.3 cm³/mol. The van der Waals surface area contributed by atoms with Crippen molar-refractivity contribution in [2.45, 2.75) is 6.42 Å². The second-order valence-electron chi connectivity index (χ2n) is 1.88. The molecule has 0 unspecified atom stereocenters. The van der Waals surface area contributed by atoms with Crippen molar-refractivity contribution in [3.05, 3.63) is 36.4 Å². The van der Waals surface area contributed by atoms with E-state index in [2.05, 4.69) is 0 Å². The Bertz CT molecular complexity index is 224. The van der Waals surface area contributed by atoms with E-state index in [1.54, 1.807) is 0 Å². The monoisotopic (exact) mass is 163 g/mol. The van der Waals surface area contributed by atoms with E-state index in [1.807, 2.05) is 36.4 Å². The van der Waals surface area contributed by atoms with Crippen LogP contribution in [0.5, 0.6) is 0 Å². The molecule has 0 spiro atoms. The fourth-order valence-electron chi connectivity index (χ4n) is 0.453. The quantitative estimate of drug-likeness (QED) is 0.685. The van der Waals surface area contributed by atoms with Crippen molar-refractivity contribution in [2.75, 3.05) is 0 Å². The lowest BCUT2D eigenvalue weighted by Gasteiger charge is -1.70. The second-order valence-corrected chi connectivity index (χ2v) is 1.88. The molecule has 1 aromatic rings. The molecule has 0 saturated heterocycles. The zero-order valence-corrected chi connectivity index (χ0v) is 6.47. The molecule has 62 valence electrons. The highest BCUT2D eigenvalue weighted by molar-refractivity contribution is 5.69. The summed E-state index contributed by atoms with van der Waals surface area (Å²) in [5.74, 6) is -1.07. The molecule has 0 fully saturated rings. The van der Waals surface area contributed by atoms with Crippen LogP contribution in [-0.4, -0.2) is 11.1 Å². The summed E-state index contributed by atoms with van der Waals surface area (Å²) in [7, 11) is 0. The van der Waals surface area contributed by atoms with Crippen LogP contribution < -0.4 is 0 Å². The van der Waals surface area contributed by atoms with Gasteiger partial charge in [-0.15, -0.1) is 0 Å². The van der Waals surface area contributed by atoms with Gasteiger partial charge >= 0.3 is 5.97 Å². The largest absolute Gasteiger partial charge is 0.480 e. The molecular formula is C9H9NO2. The lowest BCUT2D eigenvalue weighted by Crippen LogP contribution is -1.88. The summed E-state index contributed by atoms with van der Waals surface area (Å²) in [6.45, 7) is 0. The van der Waals surface area contributed by atoms with Crippen LogP contribution in [0.25, 0.3) is 0 Å². The molecule has 0 aliphatic rings. The summed E-state index contributed by atoms with van der Waals surface area (Å²) in [6.07, 6.45) is -0.403. The first-order chi connectivity index (χ1) is 5.77. The summed E-state index contributed by atoms with van der Waals surface area (Å²) in [5, 5.41) is 15.3. The molecule has 0 amide bonds. The van der Waals surface area contributed by atoms with Crippen LogP contribution >= 0.6 is 0 Å². The van der Waals surface area contributed by atoms with Crippen LogP contribution in [0.4, 0.5) is 0 Å². The molecule has 0 heterocycles. The van der Waals surface area contributed by atoms with Crippen molar-refractivity contribution in [3.63, 3.8) is 0 Å². The molecule has 3 nitrogen and oxygen atoms in total. The standard InChI is InChI=1S/C6H6.C3H3NO2/c1-2-4-6-5-3-1;4-2-1-3(5)6/h1-6H;1H2,(H,5,6). The Balaban J connectivity index is 0.000000202. The van der Waals surface area contributed by atoms with Crippen molar-refractivity contribution >= 4 is 5.97 Å². The van der Waals surface area contributed by atoms with Crippen LogP contribution in [0.2, 0.25) is 0 Å². The number of rotatable bonds is 1. The number of hydrogen-bond acceptors (Lipinski definition) is 2. The first-order valence-electron chi connectivity index (χ1n) is 3.36. The van der Waals surface area contributed by atoms with Gasteiger partial charge in [-0.05, 0) is 0 Å². The van der Waals surface area contributed by atoms with Gasteiger partial charge in [-0.1, -0.05) is 36.4 Å². The summed E-state index contributed by atoms with van der Waals surface area (Å²) in [4.78, 5) is 9.38. The third-order valence-electron chi connectivity index (χ3n) is 0.897. The lowest BCUT2D eigenvalue weighted by molar-refractivity contribution is -0.135. The van der Waals surface area contributed by atoms with Gasteiger partial charge in [-0.3, -0.25) is 4.79 Å². The molecule has 0 aromatic heterocycles.